The summed E-state index contributed by atoms with van der Waals surface area (Å²) in [4.78, 5) is 23.7. The Balaban J connectivity index is 2.06. The Labute approximate surface area is 136 Å². The Hall–Kier alpha value is -2.77. The first-order valence-corrected chi connectivity index (χ1v) is 7.05. The Morgan fingerprint density at radius 1 is 1.29 bits per heavy atom. The molecule has 2 rings (SSSR count). The van der Waals surface area contributed by atoms with Gasteiger partial charge in [0.05, 0.1) is 6.54 Å². The molecule has 2 amide bonds. The Morgan fingerprint density at radius 3 is 2.67 bits per heavy atom. The van der Waals surface area contributed by atoms with Gasteiger partial charge in [0.25, 0.3) is 11.5 Å². The number of benzene rings is 1. The lowest BCUT2D eigenvalue weighted by molar-refractivity contribution is -0.000372. The summed E-state index contributed by atoms with van der Waals surface area (Å²) < 4.78 is 42.3. The number of hydrogen-bond donors (Lipinski definition) is 2. The number of hydrogen-bond acceptors (Lipinski definition) is 2. The van der Waals surface area contributed by atoms with Crippen LogP contribution in [0.2, 0.25) is 0 Å². The van der Waals surface area contributed by atoms with E-state index in [1.54, 1.807) is 13.0 Å². The molecular weight excluding hydrogens is 323 g/mol. The minimum atomic E-state index is -3.45. The van der Waals surface area contributed by atoms with E-state index < -0.39 is 35.4 Å². The van der Waals surface area contributed by atoms with E-state index in [1.807, 2.05) is 5.32 Å². The van der Waals surface area contributed by atoms with Gasteiger partial charge in [0.1, 0.15) is 11.5 Å². The van der Waals surface area contributed by atoms with Crippen LogP contribution >= 0.6 is 0 Å². The second kappa shape index (κ2) is 6.77. The van der Waals surface area contributed by atoms with Gasteiger partial charge in [-0.15, -0.1) is 0 Å². The molecule has 2 aromatic rings. The smallest absolute Gasteiger partial charge is 0.319 e. The van der Waals surface area contributed by atoms with Crippen LogP contribution in [0.15, 0.2) is 41.3 Å². The third-order valence-electron chi connectivity index (χ3n) is 3.43. The topological polar surface area (TPSA) is 63.1 Å². The molecule has 1 heterocycles. The normalized spacial score (nSPS) is 11.2. The number of rotatable bonds is 4. The summed E-state index contributed by atoms with van der Waals surface area (Å²) in [6.07, 6.45) is 1.53. The molecule has 0 saturated carbocycles. The van der Waals surface area contributed by atoms with Crippen LogP contribution in [-0.2, 0) is 13.0 Å². The average molecular weight is 339 g/mol. The second-order valence-electron chi connectivity index (χ2n) is 5.31. The van der Waals surface area contributed by atoms with E-state index in [1.165, 1.54) is 17.8 Å². The van der Waals surface area contributed by atoms with Crippen molar-refractivity contribution in [2.24, 2.45) is 7.05 Å². The van der Waals surface area contributed by atoms with Crippen LogP contribution in [0.3, 0.4) is 0 Å². The fraction of sp³-hybridized carbons (Fsp3) is 0.250. The molecule has 0 saturated heterocycles. The number of urea groups is 1. The Morgan fingerprint density at radius 2 is 2.00 bits per heavy atom. The maximum absolute atomic E-state index is 14.0. The Bertz CT molecular complexity index is 818. The first-order chi connectivity index (χ1) is 11.2. The number of carbonyl (C=O) groups is 1. The number of aromatic nitrogens is 1. The molecule has 0 fully saturated rings. The molecule has 5 nitrogen and oxygen atoms in total. The molecule has 0 bridgehead atoms. The molecule has 1 aromatic carbocycles. The number of halogens is 3. The van der Waals surface area contributed by atoms with Crippen LogP contribution in [0.4, 0.5) is 23.7 Å². The largest absolute Gasteiger partial charge is 0.331 e. The zero-order chi connectivity index (χ0) is 17.9. The van der Waals surface area contributed by atoms with Crippen molar-refractivity contribution < 1.29 is 18.0 Å². The summed E-state index contributed by atoms with van der Waals surface area (Å²) in [5, 5.41) is 4.26. The fourth-order valence-electron chi connectivity index (χ4n) is 2.04. The van der Waals surface area contributed by atoms with E-state index >= 15 is 0 Å². The van der Waals surface area contributed by atoms with Gasteiger partial charge in [-0.2, -0.15) is 8.78 Å². The van der Waals surface area contributed by atoms with Crippen LogP contribution < -0.4 is 16.2 Å². The first kappa shape index (κ1) is 17.6. The molecule has 0 spiro atoms. The minimum absolute atomic E-state index is 0.00609. The number of amides is 2. The van der Waals surface area contributed by atoms with Gasteiger partial charge in [0.2, 0.25) is 0 Å². The number of pyridine rings is 1. The summed E-state index contributed by atoms with van der Waals surface area (Å²) in [5.74, 6) is -4.24. The predicted molar refractivity (Wildman–Crippen MR) is 83.7 cm³/mol. The van der Waals surface area contributed by atoms with Crippen molar-refractivity contribution in [3.8, 4) is 0 Å². The van der Waals surface area contributed by atoms with Gasteiger partial charge in [0, 0.05) is 18.8 Å². The minimum Gasteiger partial charge on any atom is -0.331 e. The predicted octanol–water partition coefficient (Wildman–Crippen LogP) is 2.75. The average Bonchev–Trinajstić information content (AvgIpc) is 2.53. The van der Waals surface area contributed by atoms with Gasteiger partial charge in [-0.1, -0.05) is 12.1 Å². The van der Waals surface area contributed by atoms with Gasteiger partial charge < -0.3 is 15.2 Å². The lowest BCUT2D eigenvalue weighted by Gasteiger charge is -2.18. The highest BCUT2D eigenvalue weighted by Crippen LogP contribution is 2.27. The van der Waals surface area contributed by atoms with E-state index in [-0.39, 0.29) is 5.69 Å². The monoisotopic (exact) mass is 339 g/mol. The van der Waals surface area contributed by atoms with E-state index in [2.05, 4.69) is 5.32 Å². The fourth-order valence-corrected chi connectivity index (χ4v) is 2.04. The summed E-state index contributed by atoms with van der Waals surface area (Å²) in [6.45, 7) is 0.576. The van der Waals surface area contributed by atoms with E-state index in [4.69, 9.17) is 0 Å². The van der Waals surface area contributed by atoms with Crippen molar-refractivity contribution in [3.05, 3.63) is 63.8 Å². The summed E-state index contributed by atoms with van der Waals surface area (Å²) in [5.41, 5.74) is -0.492. The van der Waals surface area contributed by atoms with E-state index in [0.717, 1.165) is 18.2 Å². The van der Waals surface area contributed by atoms with Crippen molar-refractivity contribution >= 4 is 11.7 Å². The number of alkyl halides is 2. The third kappa shape index (κ3) is 3.95. The summed E-state index contributed by atoms with van der Waals surface area (Å²) in [7, 11) is 1.50. The lowest BCUT2D eigenvalue weighted by Crippen LogP contribution is -2.39. The SMILES string of the molecule is Cc1ccn(C)c(=O)c1NC(=O)NCC(F)(F)c1cccc(F)c1. The molecule has 8 heteroatoms. The quantitative estimate of drug-likeness (QED) is 0.900. The maximum atomic E-state index is 14.0. The highest BCUT2D eigenvalue weighted by molar-refractivity contribution is 5.89. The van der Waals surface area contributed by atoms with Crippen LogP contribution in [-0.4, -0.2) is 17.1 Å². The lowest BCUT2D eigenvalue weighted by atomic mass is 10.1. The van der Waals surface area contributed by atoms with Gasteiger partial charge in [-0.25, -0.2) is 9.18 Å². The van der Waals surface area contributed by atoms with E-state index in [9.17, 15) is 22.8 Å². The number of anilines is 1. The number of carbonyl (C=O) groups excluding carboxylic acids is 1. The molecule has 24 heavy (non-hydrogen) atoms. The van der Waals surface area contributed by atoms with Gasteiger partial charge >= 0.3 is 6.03 Å². The zero-order valence-corrected chi connectivity index (χ0v) is 13.1. The third-order valence-corrected chi connectivity index (χ3v) is 3.43. The standard InChI is InChI=1S/C16H16F3N3O2/c1-10-6-7-22(2)14(23)13(10)21-15(24)20-9-16(18,19)11-4-3-5-12(17)8-11/h3-8H,9H2,1-2H3,(H2,20,21,24). The summed E-state index contributed by atoms with van der Waals surface area (Å²) >= 11 is 0. The molecule has 2 N–H and O–H groups in total. The van der Waals surface area contributed by atoms with Gasteiger partial charge in [-0.3, -0.25) is 4.79 Å². The highest BCUT2D eigenvalue weighted by atomic mass is 19.3. The number of nitrogens with one attached hydrogen (secondary N) is 2. The molecule has 128 valence electrons. The van der Waals surface area contributed by atoms with Crippen molar-refractivity contribution in [1.29, 1.82) is 0 Å². The zero-order valence-electron chi connectivity index (χ0n) is 13.1. The summed E-state index contributed by atoms with van der Waals surface area (Å²) in [6, 6.07) is 4.65. The second-order valence-corrected chi connectivity index (χ2v) is 5.31. The maximum Gasteiger partial charge on any atom is 0.319 e. The van der Waals surface area contributed by atoms with Crippen LogP contribution in [0.1, 0.15) is 11.1 Å². The van der Waals surface area contributed by atoms with Gasteiger partial charge in [-0.05, 0) is 30.7 Å². The molecule has 0 radical (unpaired) electrons. The Kier molecular flexibility index (Phi) is 4.96. The van der Waals surface area contributed by atoms with Crippen molar-refractivity contribution in [1.82, 2.24) is 9.88 Å². The molecular formula is C16H16F3N3O2. The molecule has 0 aliphatic carbocycles. The van der Waals surface area contributed by atoms with Crippen molar-refractivity contribution in [2.45, 2.75) is 12.8 Å². The van der Waals surface area contributed by atoms with Gasteiger partial charge in [0.15, 0.2) is 0 Å². The molecule has 0 atom stereocenters. The van der Waals surface area contributed by atoms with Crippen LogP contribution in [0.5, 0.6) is 0 Å². The molecule has 0 unspecified atom stereocenters. The van der Waals surface area contributed by atoms with Crippen LogP contribution in [0.25, 0.3) is 0 Å². The molecule has 0 aliphatic rings. The van der Waals surface area contributed by atoms with Crippen molar-refractivity contribution in [3.63, 3.8) is 0 Å². The van der Waals surface area contributed by atoms with Crippen molar-refractivity contribution in [2.75, 3.05) is 11.9 Å². The molecule has 0 aliphatic heterocycles. The number of nitrogens with zero attached hydrogens (tertiary/aromatic N) is 1. The first-order valence-electron chi connectivity index (χ1n) is 7.05. The van der Waals surface area contributed by atoms with E-state index in [0.29, 0.717) is 11.6 Å². The molecule has 1 aromatic heterocycles. The number of aryl methyl sites for hydroxylation is 2. The highest BCUT2D eigenvalue weighted by Gasteiger charge is 2.32. The van der Waals surface area contributed by atoms with Crippen LogP contribution in [0, 0.1) is 12.7 Å².